The molecule has 2 unspecified atom stereocenters. The third kappa shape index (κ3) is 2.78. The number of carbonyl (C=O) groups is 1. The van der Waals surface area contributed by atoms with E-state index in [2.05, 4.69) is 4.99 Å². The van der Waals surface area contributed by atoms with Gasteiger partial charge in [-0.3, -0.25) is 4.79 Å². The van der Waals surface area contributed by atoms with Gasteiger partial charge in [-0.1, -0.05) is 0 Å². The fourth-order valence-electron chi connectivity index (χ4n) is 5.61. The van der Waals surface area contributed by atoms with E-state index < -0.39 is 11.0 Å². The van der Waals surface area contributed by atoms with Gasteiger partial charge in [-0.2, -0.15) is 4.99 Å². The van der Waals surface area contributed by atoms with E-state index in [4.69, 9.17) is 4.74 Å². The van der Waals surface area contributed by atoms with Crippen LogP contribution in [0.2, 0.25) is 0 Å². The second kappa shape index (κ2) is 5.78. The normalized spacial score (nSPS) is 38.0. The number of ether oxygens (including phenoxy) is 1. The van der Waals surface area contributed by atoms with E-state index >= 15 is 0 Å². The Labute approximate surface area is 146 Å². The average molecular weight is 350 g/mol. The number of hydrogen-bond acceptors (Lipinski definition) is 4. The van der Waals surface area contributed by atoms with E-state index in [1.165, 1.54) is 6.42 Å². The summed E-state index contributed by atoms with van der Waals surface area (Å²) in [5.74, 6) is 0.991. The minimum absolute atomic E-state index is 0.0111. The number of methoxy groups -OCH3 is 1. The van der Waals surface area contributed by atoms with Crippen molar-refractivity contribution < 1.29 is 14.6 Å². The first-order valence-electron chi connectivity index (χ1n) is 8.89. The second-order valence-electron chi connectivity index (χ2n) is 8.19. The third-order valence-corrected chi connectivity index (χ3v) is 6.99. The molecule has 6 heteroatoms. The van der Waals surface area contributed by atoms with Crippen LogP contribution in [0.25, 0.3) is 0 Å². The molecular formula is C18H26N2O3S. The largest absolute Gasteiger partial charge is 0.390 e. The molecule has 4 fully saturated rings. The molecule has 4 aliphatic carbocycles. The molecule has 1 aromatic heterocycles. The quantitative estimate of drug-likeness (QED) is 0.906. The predicted molar refractivity (Wildman–Crippen MR) is 91.6 cm³/mol. The third-order valence-electron chi connectivity index (χ3n) is 6.05. The van der Waals surface area contributed by atoms with Gasteiger partial charge in [0.2, 0.25) is 0 Å². The van der Waals surface area contributed by atoms with Crippen LogP contribution in [-0.4, -0.2) is 34.9 Å². The molecule has 0 radical (unpaired) electrons. The molecule has 1 N–H and O–H groups in total. The number of amides is 1. The van der Waals surface area contributed by atoms with Gasteiger partial charge in [0.05, 0.1) is 17.6 Å². The van der Waals surface area contributed by atoms with Crippen molar-refractivity contribution in [2.45, 2.75) is 57.6 Å². The van der Waals surface area contributed by atoms with Crippen LogP contribution in [0, 0.1) is 24.2 Å². The summed E-state index contributed by atoms with van der Waals surface area (Å²) in [5.41, 5.74) is -1.04. The van der Waals surface area contributed by atoms with Crippen molar-refractivity contribution >= 4 is 17.2 Å². The van der Waals surface area contributed by atoms with Crippen molar-refractivity contribution in [2.75, 3.05) is 13.7 Å². The Morgan fingerprint density at radius 3 is 2.75 bits per heavy atom. The molecule has 4 aliphatic rings. The summed E-state index contributed by atoms with van der Waals surface area (Å²) in [6, 6.07) is 0. The van der Waals surface area contributed by atoms with Crippen LogP contribution in [0.4, 0.5) is 0 Å². The van der Waals surface area contributed by atoms with Crippen LogP contribution in [0.5, 0.6) is 0 Å². The summed E-state index contributed by atoms with van der Waals surface area (Å²) in [6.45, 7) is 3.34. The Balaban J connectivity index is 1.65. The highest BCUT2D eigenvalue weighted by Gasteiger charge is 2.60. The Bertz CT molecular complexity index is 706. The highest BCUT2D eigenvalue weighted by atomic mass is 32.1. The van der Waals surface area contributed by atoms with Gasteiger partial charge in [-0.25, -0.2) is 0 Å². The van der Waals surface area contributed by atoms with Gasteiger partial charge in [0.15, 0.2) is 4.80 Å². The minimum atomic E-state index is -0.618. The van der Waals surface area contributed by atoms with Gasteiger partial charge in [-0.05, 0) is 57.3 Å². The molecule has 0 saturated heterocycles. The van der Waals surface area contributed by atoms with Gasteiger partial charge in [0, 0.05) is 24.7 Å². The zero-order valence-electron chi connectivity index (χ0n) is 14.5. The average Bonchev–Trinajstić information content (AvgIpc) is 2.82. The van der Waals surface area contributed by atoms with Crippen molar-refractivity contribution in [1.29, 1.82) is 0 Å². The number of nitrogens with zero attached hydrogens (tertiary/aromatic N) is 2. The lowest BCUT2D eigenvalue weighted by Crippen LogP contribution is -2.58. The number of aromatic nitrogens is 1. The van der Waals surface area contributed by atoms with E-state index in [9.17, 15) is 9.90 Å². The van der Waals surface area contributed by atoms with E-state index in [1.54, 1.807) is 18.4 Å². The Hall–Kier alpha value is -0.980. The standard InChI is InChI=1S/C18H26N2O3S/c1-12-10-20(3-4-23-2)16(24-12)19-15(21)17-6-13-5-14(7-17)9-18(22,8-13)11-17/h10,13-14,22H,3-9,11H2,1-2H3/b19-16-. The second-order valence-corrected chi connectivity index (χ2v) is 9.41. The molecule has 5 nitrogen and oxygen atoms in total. The molecule has 0 spiro atoms. The monoisotopic (exact) mass is 350 g/mol. The maximum Gasteiger partial charge on any atom is 0.254 e. The van der Waals surface area contributed by atoms with Crippen LogP contribution >= 0.6 is 11.3 Å². The fourth-order valence-corrected chi connectivity index (χ4v) is 6.47. The van der Waals surface area contributed by atoms with E-state index in [-0.39, 0.29) is 5.91 Å². The molecule has 0 aliphatic heterocycles. The molecule has 1 heterocycles. The van der Waals surface area contributed by atoms with Crippen LogP contribution in [0.1, 0.15) is 43.4 Å². The Morgan fingerprint density at radius 1 is 1.42 bits per heavy atom. The van der Waals surface area contributed by atoms with E-state index in [0.29, 0.717) is 31.4 Å². The molecule has 0 aromatic carbocycles. The lowest BCUT2D eigenvalue weighted by molar-refractivity contribution is -0.175. The van der Waals surface area contributed by atoms with Crippen molar-refractivity contribution in [3.8, 4) is 0 Å². The van der Waals surface area contributed by atoms with Gasteiger partial charge in [0.1, 0.15) is 0 Å². The first kappa shape index (κ1) is 16.5. The molecule has 1 amide bonds. The SMILES string of the molecule is COCCn1cc(C)s/c1=N\C(=O)C12CC3CC(CC(O)(C3)C1)C2. The summed E-state index contributed by atoms with van der Waals surface area (Å²) < 4.78 is 7.16. The van der Waals surface area contributed by atoms with Gasteiger partial charge in [-0.15, -0.1) is 11.3 Å². The first-order valence-corrected chi connectivity index (χ1v) is 9.70. The molecule has 1 aromatic rings. The number of aryl methyl sites for hydroxylation is 1. The van der Waals surface area contributed by atoms with Gasteiger partial charge in [0.25, 0.3) is 5.91 Å². The molecule has 4 bridgehead atoms. The Kier molecular flexibility index (Phi) is 3.97. The predicted octanol–water partition coefficient (Wildman–Crippen LogP) is 2.26. The van der Waals surface area contributed by atoms with Crippen molar-refractivity contribution in [3.05, 3.63) is 15.9 Å². The van der Waals surface area contributed by atoms with Crippen molar-refractivity contribution in [1.82, 2.24) is 4.57 Å². The lowest BCUT2D eigenvalue weighted by Gasteiger charge is -2.58. The maximum atomic E-state index is 13.1. The van der Waals surface area contributed by atoms with Crippen LogP contribution < -0.4 is 4.80 Å². The first-order chi connectivity index (χ1) is 11.4. The van der Waals surface area contributed by atoms with E-state index in [0.717, 1.165) is 35.4 Å². The van der Waals surface area contributed by atoms with E-state index in [1.807, 2.05) is 17.7 Å². The summed E-state index contributed by atoms with van der Waals surface area (Å²) >= 11 is 1.55. The van der Waals surface area contributed by atoms with Crippen molar-refractivity contribution in [3.63, 3.8) is 0 Å². The number of rotatable bonds is 4. The fraction of sp³-hybridized carbons (Fsp3) is 0.778. The zero-order valence-corrected chi connectivity index (χ0v) is 15.3. The van der Waals surface area contributed by atoms with Gasteiger partial charge < -0.3 is 14.4 Å². The van der Waals surface area contributed by atoms with Crippen LogP contribution in [0.3, 0.4) is 0 Å². The summed E-state index contributed by atoms with van der Waals surface area (Å²) in [4.78, 5) is 19.6. The minimum Gasteiger partial charge on any atom is -0.390 e. The molecule has 24 heavy (non-hydrogen) atoms. The molecule has 132 valence electrons. The maximum absolute atomic E-state index is 13.1. The topological polar surface area (TPSA) is 63.8 Å². The number of hydrogen-bond donors (Lipinski definition) is 1. The highest BCUT2D eigenvalue weighted by Crippen LogP contribution is 2.61. The van der Waals surface area contributed by atoms with Crippen LogP contribution in [0.15, 0.2) is 11.2 Å². The molecule has 4 saturated carbocycles. The van der Waals surface area contributed by atoms with Gasteiger partial charge >= 0.3 is 0 Å². The number of carbonyl (C=O) groups excluding carboxylic acids is 1. The summed E-state index contributed by atoms with van der Waals surface area (Å²) in [5, 5.41) is 10.8. The molecular weight excluding hydrogens is 324 g/mol. The zero-order chi connectivity index (χ0) is 16.9. The highest BCUT2D eigenvalue weighted by molar-refractivity contribution is 7.09. The Morgan fingerprint density at radius 2 is 2.12 bits per heavy atom. The lowest BCUT2D eigenvalue weighted by atomic mass is 9.47. The van der Waals surface area contributed by atoms with Crippen LogP contribution in [-0.2, 0) is 16.1 Å². The summed E-state index contributed by atoms with van der Waals surface area (Å²) in [7, 11) is 1.68. The number of thiazole rings is 1. The number of aliphatic hydroxyl groups is 1. The van der Waals surface area contributed by atoms with Crippen molar-refractivity contribution in [2.24, 2.45) is 22.2 Å². The summed E-state index contributed by atoms with van der Waals surface area (Å²) in [6.07, 6.45) is 7.41. The molecule has 5 rings (SSSR count). The molecule has 2 atom stereocenters. The smallest absolute Gasteiger partial charge is 0.254 e.